The van der Waals surface area contributed by atoms with Gasteiger partial charge < -0.3 is 0 Å². The zero-order valence-corrected chi connectivity index (χ0v) is 8.61. The first-order valence-electron chi connectivity index (χ1n) is 4.69. The highest BCUT2D eigenvalue weighted by atomic mass is 32.2. The van der Waals surface area contributed by atoms with Crippen LogP contribution in [0.5, 0.6) is 0 Å². The molecule has 2 aliphatic rings. The first-order valence-corrected chi connectivity index (χ1v) is 6.66. The Kier molecular flexibility index (Phi) is 2.73. The predicted molar refractivity (Wildman–Crippen MR) is 55.3 cm³/mol. The first kappa shape index (κ1) is 8.31. The van der Waals surface area contributed by atoms with Crippen molar-refractivity contribution in [3.63, 3.8) is 0 Å². The summed E-state index contributed by atoms with van der Waals surface area (Å²) < 4.78 is 0.691. The van der Waals surface area contributed by atoms with Gasteiger partial charge in [0.15, 0.2) is 0 Å². The summed E-state index contributed by atoms with van der Waals surface area (Å²) in [5.74, 6) is 2.85. The quantitative estimate of drug-likeness (QED) is 0.570. The zero-order chi connectivity index (χ0) is 7.57. The van der Waals surface area contributed by atoms with Gasteiger partial charge >= 0.3 is 0 Å². The van der Waals surface area contributed by atoms with E-state index in [1.807, 2.05) is 0 Å². The van der Waals surface area contributed by atoms with Crippen LogP contribution in [-0.2, 0) is 0 Å². The van der Waals surface area contributed by atoms with E-state index in [1.165, 1.54) is 50.0 Å². The molecule has 1 aliphatic carbocycles. The van der Waals surface area contributed by atoms with E-state index >= 15 is 0 Å². The van der Waals surface area contributed by atoms with Crippen LogP contribution in [0.4, 0.5) is 0 Å². The van der Waals surface area contributed by atoms with Crippen molar-refractivity contribution in [3.8, 4) is 0 Å². The van der Waals surface area contributed by atoms with E-state index in [1.54, 1.807) is 0 Å². The summed E-state index contributed by atoms with van der Waals surface area (Å²) in [7, 11) is 0. The lowest BCUT2D eigenvalue weighted by Gasteiger charge is -2.39. The molecule has 2 rings (SSSR count). The Balaban J connectivity index is 1.94. The molecule has 0 unspecified atom stereocenters. The molecule has 0 aromatic rings. The van der Waals surface area contributed by atoms with E-state index in [0.29, 0.717) is 4.08 Å². The summed E-state index contributed by atoms with van der Waals surface area (Å²) in [4.78, 5) is 0. The average Bonchev–Trinajstić information content (AvgIpc) is 2.07. The monoisotopic (exact) mass is 188 g/mol. The molecule has 0 aromatic carbocycles. The molecule has 64 valence electrons. The van der Waals surface area contributed by atoms with Gasteiger partial charge in [-0.3, -0.25) is 0 Å². The van der Waals surface area contributed by atoms with Crippen LogP contribution in [0.1, 0.15) is 38.5 Å². The van der Waals surface area contributed by atoms with Crippen LogP contribution in [0.25, 0.3) is 0 Å². The SMILES string of the molecule is C1CCC2(CC1)SCCCS2. The smallest absolute Gasteiger partial charge is 0.0611 e. The van der Waals surface area contributed by atoms with E-state index in [0.717, 1.165) is 0 Å². The Morgan fingerprint density at radius 1 is 0.727 bits per heavy atom. The minimum atomic E-state index is 0.691. The summed E-state index contributed by atoms with van der Waals surface area (Å²) in [6.07, 6.45) is 8.88. The Bertz CT molecular complexity index is 102. The van der Waals surface area contributed by atoms with Crippen molar-refractivity contribution in [2.75, 3.05) is 11.5 Å². The molecule has 0 amide bonds. The van der Waals surface area contributed by atoms with Crippen molar-refractivity contribution in [2.24, 2.45) is 0 Å². The number of thioether (sulfide) groups is 2. The maximum absolute atomic E-state index is 2.25. The lowest BCUT2D eigenvalue weighted by Crippen LogP contribution is -2.27. The fraction of sp³-hybridized carbons (Fsp3) is 1.00. The van der Waals surface area contributed by atoms with Gasteiger partial charge in [-0.15, -0.1) is 23.5 Å². The molecule has 11 heavy (non-hydrogen) atoms. The van der Waals surface area contributed by atoms with Gasteiger partial charge in [0, 0.05) is 0 Å². The minimum Gasteiger partial charge on any atom is -0.144 e. The van der Waals surface area contributed by atoms with Crippen molar-refractivity contribution in [1.82, 2.24) is 0 Å². The Morgan fingerprint density at radius 3 is 2.00 bits per heavy atom. The third-order valence-corrected chi connectivity index (χ3v) is 6.20. The van der Waals surface area contributed by atoms with Crippen molar-refractivity contribution in [1.29, 1.82) is 0 Å². The molecular formula is C9H16S2. The van der Waals surface area contributed by atoms with E-state index < -0.39 is 0 Å². The van der Waals surface area contributed by atoms with Gasteiger partial charge in [-0.25, -0.2) is 0 Å². The van der Waals surface area contributed by atoms with E-state index in [4.69, 9.17) is 0 Å². The van der Waals surface area contributed by atoms with E-state index in [2.05, 4.69) is 23.5 Å². The first-order chi connectivity index (χ1) is 5.41. The van der Waals surface area contributed by atoms with E-state index in [-0.39, 0.29) is 0 Å². The molecule has 0 aromatic heterocycles. The normalized spacial score (nSPS) is 30.5. The third kappa shape index (κ3) is 1.89. The molecule has 1 aliphatic heterocycles. The van der Waals surface area contributed by atoms with Crippen LogP contribution in [0.2, 0.25) is 0 Å². The van der Waals surface area contributed by atoms with Crippen LogP contribution in [-0.4, -0.2) is 15.6 Å². The van der Waals surface area contributed by atoms with Crippen molar-refractivity contribution < 1.29 is 0 Å². The fourth-order valence-corrected chi connectivity index (χ4v) is 5.49. The second-order valence-corrected chi connectivity index (χ2v) is 6.74. The van der Waals surface area contributed by atoms with Gasteiger partial charge in [-0.05, 0) is 30.8 Å². The molecule has 1 spiro atoms. The lowest BCUT2D eigenvalue weighted by atomic mass is 10.00. The van der Waals surface area contributed by atoms with Gasteiger partial charge in [0.05, 0.1) is 4.08 Å². The molecule has 1 heterocycles. The summed E-state index contributed by atoms with van der Waals surface area (Å²) in [5, 5.41) is 0. The summed E-state index contributed by atoms with van der Waals surface area (Å²) in [6, 6.07) is 0. The minimum absolute atomic E-state index is 0.691. The van der Waals surface area contributed by atoms with Crippen LogP contribution in [0.3, 0.4) is 0 Å². The fourth-order valence-electron chi connectivity index (χ4n) is 2.00. The lowest BCUT2D eigenvalue weighted by molar-refractivity contribution is 0.489. The van der Waals surface area contributed by atoms with Crippen LogP contribution < -0.4 is 0 Å². The molecule has 1 saturated heterocycles. The van der Waals surface area contributed by atoms with Gasteiger partial charge in [0.1, 0.15) is 0 Å². The number of hydrogen-bond acceptors (Lipinski definition) is 2. The average molecular weight is 188 g/mol. The number of hydrogen-bond donors (Lipinski definition) is 0. The molecule has 0 N–H and O–H groups in total. The molecule has 0 atom stereocenters. The highest BCUT2D eigenvalue weighted by Gasteiger charge is 2.34. The molecular weight excluding hydrogens is 172 g/mol. The van der Waals surface area contributed by atoms with Crippen molar-refractivity contribution in [2.45, 2.75) is 42.6 Å². The molecule has 2 fully saturated rings. The third-order valence-electron chi connectivity index (χ3n) is 2.63. The Morgan fingerprint density at radius 2 is 1.36 bits per heavy atom. The second kappa shape index (κ2) is 3.61. The van der Waals surface area contributed by atoms with Gasteiger partial charge in [0.2, 0.25) is 0 Å². The van der Waals surface area contributed by atoms with Crippen molar-refractivity contribution >= 4 is 23.5 Å². The molecule has 0 nitrogen and oxygen atoms in total. The Hall–Kier alpha value is 0.700. The van der Waals surface area contributed by atoms with Crippen LogP contribution in [0.15, 0.2) is 0 Å². The van der Waals surface area contributed by atoms with Crippen LogP contribution >= 0.6 is 23.5 Å². The van der Waals surface area contributed by atoms with Crippen LogP contribution in [0, 0.1) is 0 Å². The topological polar surface area (TPSA) is 0 Å². The highest BCUT2D eigenvalue weighted by molar-refractivity contribution is 8.18. The van der Waals surface area contributed by atoms with Gasteiger partial charge in [-0.2, -0.15) is 0 Å². The van der Waals surface area contributed by atoms with E-state index in [9.17, 15) is 0 Å². The summed E-state index contributed by atoms with van der Waals surface area (Å²) in [5.41, 5.74) is 0. The maximum atomic E-state index is 2.25. The Labute approximate surface area is 77.9 Å². The summed E-state index contributed by atoms with van der Waals surface area (Å²) in [6.45, 7) is 0. The number of rotatable bonds is 0. The largest absolute Gasteiger partial charge is 0.144 e. The highest BCUT2D eigenvalue weighted by Crippen LogP contribution is 2.51. The van der Waals surface area contributed by atoms with Gasteiger partial charge in [-0.1, -0.05) is 19.3 Å². The molecule has 0 bridgehead atoms. The molecule has 2 heteroatoms. The predicted octanol–water partition coefficient (Wildman–Crippen LogP) is 3.52. The second-order valence-electron chi connectivity index (χ2n) is 3.52. The zero-order valence-electron chi connectivity index (χ0n) is 6.97. The molecule has 0 radical (unpaired) electrons. The van der Waals surface area contributed by atoms with Gasteiger partial charge in [0.25, 0.3) is 0 Å². The standard InChI is InChI=1S/C9H16S2/c1-2-5-9(6-3-1)10-7-4-8-11-9/h1-8H2. The molecule has 1 saturated carbocycles. The maximum Gasteiger partial charge on any atom is 0.0611 e. The summed E-state index contributed by atoms with van der Waals surface area (Å²) >= 11 is 4.50. The van der Waals surface area contributed by atoms with Crippen molar-refractivity contribution in [3.05, 3.63) is 0 Å².